The number of carbonyl (C=O) groups excluding carboxylic acids is 2. The molecule has 0 spiro atoms. The summed E-state index contributed by atoms with van der Waals surface area (Å²) in [6, 6.07) is 16.3. The van der Waals surface area contributed by atoms with E-state index in [1.165, 1.54) is 0 Å². The lowest BCUT2D eigenvalue weighted by atomic mass is 9.66. The molecule has 172 valence electrons. The number of nitrogens with one attached hydrogen (secondary N) is 1. The summed E-state index contributed by atoms with van der Waals surface area (Å²) < 4.78 is 0. The van der Waals surface area contributed by atoms with Gasteiger partial charge in [0.15, 0.2) is 0 Å². The van der Waals surface area contributed by atoms with Crippen LogP contribution in [-0.2, 0) is 10.4 Å². The predicted molar refractivity (Wildman–Crippen MR) is 127 cm³/mol. The maximum absolute atomic E-state index is 13.4. The van der Waals surface area contributed by atoms with Crippen LogP contribution < -0.4 is 5.32 Å². The first-order valence-electron chi connectivity index (χ1n) is 11.0. The number of benzene rings is 2. The lowest BCUT2D eigenvalue weighted by molar-refractivity contribution is -0.157. The molecule has 2 amide bonds. The zero-order chi connectivity index (χ0) is 23.7. The number of amides is 2. The zero-order valence-corrected chi connectivity index (χ0v) is 20.2. The summed E-state index contributed by atoms with van der Waals surface area (Å²) in [6.45, 7) is 10.4. The first-order valence-corrected chi connectivity index (χ1v) is 11.4. The molecule has 0 bridgehead atoms. The standard InChI is InChI=1S/C26H33ClN2O3/c1-18(25(4,5)28-22(30)19-9-7-6-8-10-19)23(31)29-16-15-26(32,24(2,3)17-29)20-11-13-21(27)14-12-20/h6-14,18,32H,15-17H2,1-5H3,(H,28,30)/t18?,26-/m0/s1. The number of carbonyl (C=O) groups is 2. The predicted octanol–water partition coefficient (Wildman–Crippen LogP) is 4.63. The fourth-order valence-electron chi connectivity index (χ4n) is 4.42. The second-order valence-electron chi connectivity index (χ2n) is 10.0. The molecule has 1 aliphatic rings. The second-order valence-corrected chi connectivity index (χ2v) is 10.5. The molecule has 1 saturated heterocycles. The van der Waals surface area contributed by atoms with Crippen LogP contribution in [0.2, 0.25) is 5.02 Å². The number of aliphatic hydroxyl groups is 1. The normalized spacial score (nSPS) is 21.7. The number of nitrogens with zero attached hydrogens (tertiary/aromatic N) is 1. The van der Waals surface area contributed by atoms with Crippen LogP contribution >= 0.6 is 11.6 Å². The Morgan fingerprint density at radius 1 is 1.09 bits per heavy atom. The van der Waals surface area contributed by atoms with E-state index < -0.39 is 22.5 Å². The number of piperidine rings is 1. The Hall–Kier alpha value is -2.37. The molecule has 3 rings (SSSR count). The maximum Gasteiger partial charge on any atom is 0.251 e. The Morgan fingerprint density at radius 2 is 1.69 bits per heavy atom. The van der Waals surface area contributed by atoms with Gasteiger partial charge in [0.1, 0.15) is 0 Å². The SMILES string of the molecule is CC(C(=O)N1CC[C@](O)(c2ccc(Cl)cc2)C(C)(C)C1)C(C)(C)NC(=O)c1ccccc1. The van der Waals surface area contributed by atoms with Gasteiger partial charge in [0.05, 0.1) is 11.5 Å². The van der Waals surface area contributed by atoms with Crippen LogP contribution in [0.15, 0.2) is 54.6 Å². The smallest absolute Gasteiger partial charge is 0.251 e. The molecule has 0 radical (unpaired) electrons. The average Bonchev–Trinajstić information content (AvgIpc) is 2.75. The van der Waals surface area contributed by atoms with E-state index in [1.54, 1.807) is 24.3 Å². The Kier molecular flexibility index (Phi) is 6.73. The van der Waals surface area contributed by atoms with E-state index in [4.69, 9.17) is 11.6 Å². The summed E-state index contributed by atoms with van der Waals surface area (Å²) in [6.07, 6.45) is 0.427. The van der Waals surface area contributed by atoms with Crippen molar-refractivity contribution in [2.45, 2.75) is 52.2 Å². The summed E-state index contributed by atoms with van der Waals surface area (Å²) in [4.78, 5) is 27.9. The highest BCUT2D eigenvalue weighted by molar-refractivity contribution is 6.30. The van der Waals surface area contributed by atoms with Crippen molar-refractivity contribution in [1.82, 2.24) is 10.2 Å². The van der Waals surface area contributed by atoms with Crippen molar-refractivity contribution < 1.29 is 14.7 Å². The van der Waals surface area contributed by atoms with Gasteiger partial charge in [-0.25, -0.2) is 0 Å². The molecular formula is C26H33ClN2O3. The monoisotopic (exact) mass is 456 g/mol. The van der Waals surface area contributed by atoms with Gasteiger partial charge in [0.2, 0.25) is 5.91 Å². The van der Waals surface area contributed by atoms with Gasteiger partial charge in [-0.2, -0.15) is 0 Å². The fourth-order valence-corrected chi connectivity index (χ4v) is 4.54. The lowest BCUT2D eigenvalue weighted by Crippen LogP contribution is -2.60. The molecule has 5 nitrogen and oxygen atoms in total. The summed E-state index contributed by atoms with van der Waals surface area (Å²) in [5.74, 6) is -0.673. The molecule has 1 heterocycles. The van der Waals surface area contributed by atoms with Crippen LogP contribution in [-0.4, -0.2) is 40.4 Å². The molecular weight excluding hydrogens is 424 g/mol. The number of rotatable bonds is 5. The van der Waals surface area contributed by atoms with E-state index in [1.807, 2.05) is 69.9 Å². The summed E-state index contributed by atoms with van der Waals surface area (Å²) in [5, 5.41) is 15.2. The van der Waals surface area contributed by atoms with E-state index in [9.17, 15) is 14.7 Å². The molecule has 2 aromatic rings. The van der Waals surface area contributed by atoms with Gasteiger partial charge in [-0.1, -0.05) is 62.7 Å². The third-order valence-electron chi connectivity index (χ3n) is 7.01. The van der Waals surface area contributed by atoms with E-state index in [0.717, 1.165) is 5.56 Å². The van der Waals surface area contributed by atoms with E-state index in [0.29, 0.717) is 30.1 Å². The minimum atomic E-state index is -1.06. The Morgan fingerprint density at radius 3 is 2.25 bits per heavy atom. The number of hydrogen-bond acceptors (Lipinski definition) is 3. The Bertz CT molecular complexity index is 972. The van der Waals surface area contributed by atoms with Crippen molar-refractivity contribution in [3.05, 3.63) is 70.7 Å². The zero-order valence-electron chi connectivity index (χ0n) is 19.5. The number of likely N-dealkylation sites (tertiary alicyclic amines) is 1. The lowest BCUT2D eigenvalue weighted by Gasteiger charge is -2.51. The molecule has 2 N–H and O–H groups in total. The van der Waals surface area contributed by atoms with Gasteiger partial charge < -0.3 is 15.3 Å². The van der Waals surface area contributed by atoms with Gasteiger partial charge >= 0.3 is 0 Å². The minimum absolute atomic E-state index is 0.0328. The van der Waals surface area contributed by atoms with Crippen molar-refractivity contribution >= 4 is 23.4 Å². The molecule has 1 aliphatic heterocycles. The summed E-state index contributed by atoms with van der Waals surface area (Å²) in [5.41, 5.74) is -0.992. The van der Waals surface area contributed by atoms with Crippen molar-refractivity contribution in [3.63, 3.8) is 0 Å². The van der Waals surface area contributed by atoms with E-state index in [2.05, 4.69) is 5.32 Å². The molecule has 1 unspecified atom stereocenters. The molecule has 0 aromatic heterocycles. The van der Waals surface area contributed by atoms with Crippen LogP contribution in [0.4, 0.5) is 0 Å². The molecule has 0 saturated carbocycles. The van der Waals surface area contributed by atoms with Gasteiger partial charge in [0.25, 0.3) is 5.91 Å². The Labute approximate surface area is 195 Å². The van der Waals surface area contributed by atoms with Gasteiger partial charge in [-0.3, -0.25) is 9.59 Å². The third-order valence-corrected chi connectivity index (χ3v) is 7.26. The first kappa shape index (κ1) is 24.3. The summed E-state index contributed by atoms with van der Waals surface area (Å²) in [7, 11) is 0. The van der Waals surface area contributed by atoms with E-state index >= 15 is 0 Å². The van der Waals surface area contributed by atoms with Crippen LogP contribution in [0.25, 0.3) is 0 Å². The third kappa shape index (κ3) is 4.69. The van der Waals surface area contributed by atoms with Crippen molar-refractivity contribution in [3.8, 4) is 0 Å². The molecule has 0 aliphatic carbocycles. The number of hydrogen-bond donors (Lipinski definition) is 2. The largest absolute Gasteiger partial charge is 0.384 e. The van der Waals surface area contributed by atoms with Crippen LogP contribution in [0.1, 0.15) is 57.0 Å². The Balaban J connectivity index is 1.72. The summed E-state index contributed by atoms with van der Waals surface area (Å²) >= 11 is 6.02. The average molecular weight is 457 g/mol. The fraction of sp³-hybridized carbons (Fsp3) is 0.462. The second kappa shape index (κ2) is 8.87. The van der Waals surface area contributed by atoms with Gasteiger partial charge in [-0.15, -0.1) is 0 Å². The topological polar surface area (TPSA) is 69.6 Å². The van der Waals surface area contributed by atoms with Gasteiger partial charge in [0, 0.05) is 34.6 Å². The molecule has 32 heavy (non-hydrogen) atoms. The van der Waals surface area contributed by atoms with Crippen LogP contribution in [0, 0.1) is 11.3 Å². The van der Waals surface area contributed by atoms with Gasteiger partial charge in [-0.05, 0) is 50.1 Å². The molecule has 6 heteroatoms. The molecule has 2 aromatic carbocycles. The number of halogens is 1. The quantitative estimate of drug-likeness (QED) is 0.689. The highest BCUT2D eigenvalue weighted by Gasteiger charge is 2.50. The highest BCUT2D eigenvalue weighted by atomic mass is 35.5. The highest BCUT2D eigenvalue weighted by Crippen LogP contribution is 2.46. The first-order chi connectivity index (χ1) is 14.9. The van der Waals surface area contributed by atoms with Crippen molar-refractivity contribution in [1.29, 1.82) is 0 Å². The molecule has 1 fully saturated rings. The van der Waals surface area contributed by atoms with Crippen molar-refractivity contribution in [2.75, 3.05) is 13.1 Å². The minimum Gasteiger partial charge on any atom is -0.384 e. The van der Waals surface area contributed by atoms with Crippen LogP contribution in [0.5, 0.6) is 0 Å². The van der Waals surface area contributed by atoms with Crippen LogP contribution in [0.3, 0.4) is 0 Å². The molecule has 2 atom stereocenters. The maximum atomic E-state index is 13.4. The van der Waals surface area contributed by atoms with E-state index in [-0.39, 0.29) is 11.8 Å². The van der Waals surface area contributed by atoms with Crippen molar-refractivity contribution in [2.24, 2.45) is 11.3 Å².